The van der Waals surface area contributed by atoms with Crippen molar-refractivity contribution in [2.24, 2.45) is 0 Å². The van der Waals surface area contributed by atoms with Gasteiger partial charge in [0.1, 0.15) is 5.54 Å². The van der Waals surface area contributed by atoms with Crippen LogP contribution in [0.15, 0.2) is 27.5 Å². The topological polar surface area (TPSA) is 86.4 Å². The van der Waals surface area contributed by atoms with E-state index >= 15 is 0 Å². The molecular formula is C14H17N3O4. The van der Waals surface area contributed by atoms with Crippen molar-refractivity contribution in [1.29, 1.82) is 0 Å². The summed E-state index contributed by atoms with van der Waals surface area (Å²) in [5.74, 6) is -0.678. The molecule has 0 aliphatic heterocycles. The van der Waals surface area contributed by atoms with Gasteiger partial charge in [-0.2, -0.15) is 0 Å². The number of nitrogens with zero attached hydrogens (tertiary/aromatic N) is 2. The fourth-order valence-corrected chi connectivity index (χ4v) is 2.68. The third-order valence-electron chi connectivity index (χ3n) is 4.01. The number of rotatable bonds is 5. The molecule has 1 N–H and O–H groups in total. The lowest BCUT2D eigenvalue weighted by molar-refractivity contribution is -0.152. The molecule has 0 spiro atoms. The quantitative estimate of drug-likeness (QED) is 0.815. The zero-order valence-electron chi connectivity index (χ0n) is 11.8. The number of oxazole rings is 1. The van der Waals surface area contributed by atoms with E-state index in [9.17, 15) is 9.59 Å². The average molecular weight is 291 g/mol. The van der Waals surface area contributed by atoms with Gasteiger partial charge < -0.3 is 14.5 Å². The maximum absolute atomic E-state index is 11.8. The highest BCUT2D eigenvalue weighted by molar-refractivity contribution is 5.81. The highest BCUT2D eigenvalue weighted by Gasteiger charge is 2.44. The van der Waals surface area contributed by atoms with Crippen LogP contribution in [0.25, 0.3) is 11.2 Å². The Morgan fingerprint density at radius 3 is 3.05 bits per heavy atom. The number of esters is 1. The van der Waals surface area contributed by atoms with Gasteiger partial charge in [-0.25, -0.2) is 9.78 Å². The molecule has 21 heavy (non-hydrogen) atoms. The molecule has 3 rings (SSSR count). The minimum atomic E-state index is -0.592. The standard InChI is InChI=1S/C14H17N3O4/c1-20-12(18)14(5-3-6-14)16-8-9-17-11-10(21-13(17)19)4-2-7-15-11/h2,4,7,16H,3,5-6,8-9H2,1H3. The summed E-state index contributed by atoms with van der Waals surface area (Å²) >= 11 is 0. The van der Waals surface area contributed by atoms with Gasteiger partial charge in [0, 0.05) is 19.3 Å². The van der Waals surface area contributed by atoms with Crippen LogP contribution in [0.3, 0.4) is 0 Å². The SMILES string of the molecule is COC(=O)C1(NCCn2c(=O)oc3cccnc32)CCC1. The molecule has 0 unspecified atom stereocenters. The molecule has 1 aliphatic rings. The molecule has 0 bridgehead atoms. The second-order valence-corrected chi connectivity index (χ2v) is 5.20. The van der Waals surface area contributed by atoms with Crippen LogP contribution < -0.4 is 11.1 Å². The van der Waals surface area contributed by atoms with Gasteiger partial charge in [-0.15, -0.1) is 0 Å². The summed E-state index contributed by atoms with van der Waals surface area (Å²) in [6.07, 6.45) is 4.14. The average Bonchev–Trinajstić information content (AvgIpc) is 2.77. The van der Waals surface area contributed by atoms with Gasteiger partial charge in [-0.3, -0.25) is 9.36 Å². The zero-order valence-corrected chi connectivity index (χ0v) is 11.8. The monoisotopic (exact) mass is 291 g/mol. The molecule has 1 saturated carbocycles. The maximum Gasteiger partial charge on any atom is 0.421 e. The number of aromatic nitrogens is 2. The summed E-state index contributed by atoms with van der Waals surface area (Å²) in [4.78, 5) is 27.8. The first kappa shape index (κ1) is 13.8. The van der Waals surface area contributed by atoms with Crippen LogP contribution in [-0.2, 0) is 16.1 Å². The van der Waals surface area contributed by atoms with Gasteiger partial charge in [-0.05, 0) is 31.4 Å². The summed E-state index contributed by atoms with van der Waals surface area (Å²) in [6, 6.07) is 3.42. The molecule has 7 nitrogen and oxygen atoms in total. The highest BCUT2D eigenvalue weighted by atomic mass is 16.5. The van der Waals surface area contributed by atoms with E-state index in [1.54, 1.807) is 18.3 Å². The number of hydrogen-bond acceptors (Lipinski definition) is 6. The first-order valence-electron chi connectivity index (χ1n) is 6.94. The highest BCUT2D eigenvalue weighted by Crippen LogP contribution is 2.32. The Bertz CT molecular complexity index is 714. The minimum Gasteiger partial charge on any atom is -0.468 e. The Morgan fingerprint density at radius 2 is 2.38 bits per heavy atom. The van der Waals surface area contributed by atoms with E-state index in [2.05, 4.69) is 10.3 Å². The number of ether oxygens (including phenoxy) is 1. The van der Waals surface area contributed by atoms with Crippen molar-refractivity contribution in [2.75, 3.05) is 13.7 Å². The van der Waals surface area contributed by atoms with Crippen LogP contribution in [0.1, 0.15) is 19.3 Å². The predicted octanol–water partition coefficient (Wildman–Crippen LogP) is 0.675. The largest absolute Gasteiger partial charge is 0.468 e. The lowest BCUT2D eigenvalue weighted by Gasteiger charge is -2.39. The molecule has 0 radical (unpaired) electrons. The first-order valence-corrected chi connectivity index (χ1v) is 6.94. The molecule has 0 amide bonds. The Labute approximate surface area is 120 Å². The Kier molecular flexibility index (Phi) is 3.50. The molecule has 2 aromatic rings. The van der Waals surface area contributed by atoms with Crippen LogP contribution in [0.5, 0.6) is 0 Å². The number of methoxy groups -OCH3 is 1. The van der Waals surface area contributed by atoms with Crippen LogP contribution in [-0.4, -0.2) is 34.7 Å². The number of fused-ring (bicyclic) bond motifs is 1. The number of carbonyl (C=O) groups is 1. The molecule has 0 atom stereocenters. The molecule has 7 heteroatoms. The molecular weight excluding hydrogens is 274 g/mol. The minimum absolute atomic E-state index is 0.240. The smallest absolute Gasteiger partial charge is 0.421 e. The molecule has 1 fully saturated rings. The van der Waals surface area contributed by atoms with E-state index in [4.69, 9.17) is 9.15 Å². The van der Waals surface area contributed by atoms with Crippen LogP contribution in [0, 0.1) is 0 Å². The van der Waals surface area contributed by atoms with E-state index in [0.717, 1.165) is 19.3 Å². The number of carbonyl (C=O) groups excluding carboxylic acids is 1. The van der Waals surface area contributed by atoms with Gasteiger partial charge in [0.25, 0.3) is 0 Å². The Balaban J connectivity index is 1.71. The molecule has 0 aromatic carbocycles. The first-order chi connectivity index (χ1) is 10.2. The van der Waals surface area contributed by atoms with Crippen molar-refractivity contribution in [2.45, 2.75) is 31.3 Å². The summed E-state index contributed by atoms with van der Waals surface area (Å²) in [5.41, 5.74) is 0.393. The lowest BCUT2D eigenvalue weighted by Crippen LogP contribution is -2.58. The van der Waals surface area contributed by atoms with E-state index in [1.165, 1.54) is 11.7 Å². The predicted molar refractivity (Wildman–Crippen MR) is 74.9 cm³/mol. The van der Waals surface area contributed by atoms with Crippen molar-refractivity contribution in [3.05, 3.63) is 28.9 Å². The third-order valence-corrected chi connectivity index (χ3v) is 4.01. The summed E-state index contributed by atoms with van der Waals surface area (Å²) in [5, 5.41) is 3.21. The van der Waals surface area contributed by atoms with E-state index in [1.807, 2.05) is 0 Å². The molecule has 112 valence electrons. The summed E-state index contributed by atoms with van der Waals surface area (Å²) in [6.45, 7) is 0.863. The van der Waals surface area contributed by atoms with Gasteiger partial charge in [0.15, 0.2) is 11.2 Å². The third kappa shape index (κ3) is 2.33. The normalized spacial score (nSPS) is 16.6. The van der Waals surface area contributed by atoms with Gasteiger partial charge in [0.2, 0.25) is 0 Å². The summed E-state index contributed by atoms with van der Waals surface area (Å²) < 4.78 is 11.4. The molecule has 0 saturated heterocycles. The maximum atomic E-state index is 11.8. The lowest BCUT2D eigenvalue weighted by atomic mass is 9.77. The van der Waals surface area contributed by atoms with Gasteiger partial charge in [0.05, 0.1) is 7.11 Å². The number of nitrogens with one attached hydrogen (secondary N) is 1. The van der Waals surface area contributed by atoms with E-state index in [-0.39, 0.29) is 5.97 Å². The van der Waals surface area contributed by atoms with Crippen molar-refractivity contribution >= 4 is 17.2 Å². The van der Waals surface area contributed by atoms with Gasteiger partial charge >= 0.3 is 11.7 Å². The van der Waals surface area contributed by atoms with E-state index in [0.29, 0.717) is 24.3 Å². The van der Waals surface area contributed by atoms with Crippen molar-refractivity contribution in [1.82, 2.24) is 14.9 Å². The fourth-order valence-electron chi connectivity index (χ4n) is 2.68. The molecule has 2 heterocycles. The number of hydrogen-bond donors (Lipinski definition) is 1. The second kappa shape index (κ2) is 5.33. The molecule has 2 aromatic heterocycles. The Morgan fingerprint density at radius 1 is 1.57 bits per heavy atom. The molecule has 1 aliphatic carbocycles. The van der Waals surface area contributed by atoms with Crippen LogP contribution in [0.4, 0.5) is 0 Å². The van der Waals surface area contributed by atoms with Crippen molar-refractivity contribution < 1.29 is 13.9 Å². The van der Waals surface area contributed by atoms with Crippen molar-refractivity contribution in [3.63, 3.8) is 0 Å². The summed E-state index contributed by atoms with van der Waals surface area (Å²) in [7, 11) is 1.39. The zero-order chi connectivity index (χ0) is 14.9. The van der Waals surface area contributed by atoms with Crippen LogP contribution >= 0.6 is 0 Å². The van der Waals surface area contributed by atoms with Crippen molar-refractivity contribution in [3.8, 4) is 0 Å². The van der Waals surface area contributed by atoms with Gasteiger partial charge in [-0.1, -0.05) is 0 Å². The van der Waals surface area contributed by atoms with E-state index < -0.39 is 11.3 Å². The Hall–Kier alpha value is -2.15. The number of pyridine rings is 1. The fraction of sp³-hybridized carbons (Fsp3) is 0.500. The van der Waals surface area contributed by atoms with Crippen LogP contribution in [0.2, 0.25) is 0 Å². The second-order valence-electron chi connectivity index (χ2n) is 5.20.